The molecule has 0 saturated carbocycles. The Morgan fingerprint density at radius 1 is 1.67 bits per heavy atom. The van der Waals surface area contributed by atoms with Gasteiger partial charge >= 0.3 is 0 Å². The highest BCUT2D eigenvalue weighted by Crippen LogP contribution is 2.14. The van der Waals surface area contributed by atoms with Gasteiger partial charge in [-0.15, -0.1) is 6.58 Å². The molecule has 64 valence electrons. The fraction of sp³-hybridized carbons (Fsp3) is 0.222. The highest BCUT2D eigenvalue weighted by molar-refractivity contribution is 5.25. The van der Waals surface area contributed by atoms with Gasteiger partial charge in [-0.2, -0.15) is 4.39 Å². The lowest BCUT2D eigenvalue weighted by Gasteiger charge is -2.08. The van der Waals surface area contributed by atoms with Gasteiger partial charge in [-0.05, 0) is 18.6 Å². The number of aryl methyl sites for hydroxylation is 1. The van der Waals surface area contributed by atoms with Gasteiger partial charge in [-0.1, -0.05) is 12.1 Å². The summed E-state index contributed by atoms with van der Waals surface area (Å²) in [6.45, 7) is 5.28. The van der Waals surface area contributed by atoms with Crippen molar-refractivity contribution in [2.24, 2.45) is 5.73 Å². The van der Waals surface area contributed by atoms with Crippen LogP contribution in [0.2, 0.25) is 0 Å². The number of nitrogens with two attached hydrogens (primary N) is 1. The molecule has 0 fully saturated rings. The first-order chi connectivity index (χ1) is 5.65. The van der Waals surface area contributed by atoms with Crippen molar-refractivity contribution < 1.29 is 4.39 Å². The number of pyridine rings is 1. The summed E-state index contributed by atoms with van der Waals surface area (Å²) < 4.78 is 12.5. The van der Waals surface area contributed by atoms with E-state index in [9.17, 15) is 4.39 Å². The van der Waals surface area contributed by atoms with Crippen LogP contribution in [0.4, 0.5) is 4.39 Å². The minimum atomic E-state index is -0.479. The molecule has 2 N–H and O–H groups in total. The summed E-state index contributed by atoms with van der Waals surface area (Å²) in [6.07, 6.45) is 1.60. The van der Waals surface area contributed by atoms with Crippen LogP contribution in [-0.2, 0) is 0 Å². The number of aromatic nitrogens is 1. The zero-order valence-corrected chi connectivity index (χ0v) is 6.92. The van der Waals surface area contributed by atoms with E-state index in [-0.39, 0.29) is 6.04 Å². The van der Waals surface area contributed by atoms with Crippen LogP contribution in [-0.4, -0.2) is 4.98 Å². The predicted molar refractivity (Wildman–Crippen MR) is 46.1 cm³/mol. The minimum absolute atomic E-state index is 0.266. The maximum absolute atomic E-state index is 12.5. The average Bonchev–Trinajstić information content (AvgIpc) is 2.03. The number of nitrogens with zero attached hydrogens (tertiary/aromatic N) is 1. The predicted octanol–water partition coefficient (Wildman–Crippen LogP) is 1.71. The molecule has 0 amide bonds. The van der Waals surface area contributed by atoms with Crippen molar-refractivity contribution in [2.75, 3.05) is 0 Å². The molecular formula is C9H11FN2. The van der Waals surface area contributed by atoms with E-state index in [1.54, 1.807) is 19.1 Å². The third-order valence-corrected chi connectivity index (χ3v) is 1.71. The first-order valence-corrected chi connectivity index (χ1v) is 3.66. The van der Waals surface area contributed by atoms with Crippen LogP contribution in [0.3, 0.4) is 0 Å². The molecule has 0 aliphatic carbocycles. The lowest BCUT2D eigenvalue weighted by molar-refractivity contribution is 0.577. The Morgan fingerprint density at radius 2 is 2.33 bits per heavy atom. The molecule has 0 aliphatic rings. The molecule has 0 radical (unpaired) electrons. The molecule has 1 heterocycles. The molecule has 0 spiro atoms. The second-order valence-electron chi connectivity index (χ2n) is 2.57. The fourth-order valence-corrected chi connectivity index (χ4v) is 1.02. The summed E-state index contributed by atoms with van der Waals surface area (Å²) in [4.78, 5) is 3.65. The molecule has 1 aromatic rings. The molecule has 1 atom stereocenters. The van der Waals surface area contributed by atoms with Crippen LogP contribution in [0.5, 0.6) is 0 Å². The molecular weight excluding hydrogens is 155 g/mol. The van der Waals surface area contributed by atoms with Crippen molar-refractivity contribution >= 4 is 0 Å². The third-order valence-electron chi connectivity index (χ3n) is 1.71. The Bertz CT molecular complexity index is 297. The van der Waals surface area contributed by atoms with Crippen LogP contribution >= 0.6 is 0 Å². The molecule has 0 bridgehead atoms. The molecule has 1 aromatic heterocycles. The third kappa shape index (κ3) is 1.68. The van der Waals surface area contributed by atoms with Gasteiger partial charge in [0.05, 0.1) is 0 Å². The van der Waals surface area contributed by atoms with E-state index in [1.807, 2.05) is 0 Å². The van der Waals surface area contributed by atoms with Crippen molar-refractivity contribution in [3.05, 3.63) is 42.0 Å². The SMILES string of the molecule is C=C[C@H](N)c1ccc(F)nc1C. The van der Waals surface area contributed by atoms with Gasteiger partial charge in [-0.3, -0.25) is 0 Å². The van der Waals surface area contributed by atoms with Gasteiger partial charge < -0.3 is 5.73 Å². The minimum Gasteiger partial charge on any atom is -0.321 e. The largest absolute Gasteiger partial charge is 0.321 e. The van der Waals surface area contributed by atoms with E-state index in [0.717, 1.165) is 5.56 Å². The van der Waals surface area contributed by atoms with Gasteiger partial charge in [0.15, 0.2) is 0 Å². The first-order valence-electron chi connectivity index (χ1n) is 3.66. The monoisotopic (exact) mass is 166 g/mol. The lowest BCUT2D eigenvalue weighted by Crippen LogP contribution is -2.09. The van der Waals surface area contributed by atoms with Crippen molar-refractivity contribution in [3.8, 4) is 0 Å². The Hall–Kier alpha value is -1.22. The maximum Gasteiger partial charge on any atom is 0.213 e. The van der Waals surface area contributed by atoms with Gasteiger partial charge in [0, 0.05) is 11.7 Å². The smallest absolute Gasteiger partial charge is 0.213 e. The molecule has 12 heavy (non-hydrogen) atoms. The van der Waals surface area contributed by atoms with Crippen molar-refractivity contribution in [2.45, 2.75) is 13.0 Å². The van der Waals surface area contributed by atoms with E-state index in [1.165, 1.54) is 6.07 Å². The Kier molecular flexibility index (Phi) is 2.55. The van der Waals surface area contributed by atoms with Crippen molar-refractivity contribution in [1.29, 1.82) is 0 Å². The van der Waals surface area contributed by atoms with Crippen molar-refractivity contribution in [3.63, 3.8) is 0 Å². The summed E-state index contributed by atoms with van der Waals surface area (Å²) in [6, 6.07) is 2.66. The Labute approximate surface area is 70.9 Å². The van der Waals surface area contributed by atoms with E-state index in [2.05, 4.69) is 11.6 Å². The Morgan fingerprint density at radius 3 is 2.83 bits per heavy atom. The summed E-state index contributed by atoms with van der Waals surface area (Å²) in [5, 5.41) is 0. The van der Waals surface area contributed by atoms with Crippen LogP contribution in [0, 0.1) is 12.9 Å². The maximum atomic E-state index is 12.5. The van der Waals surface area contributed by atoms with E-state index in [4.69, 9.17) is 5.73 Å². The summed E-state index contributed by atoms with van der Waals surface area (Å²) in [5.41, 5.74) is 7.09. The van der Waals surface area contributed by atoms with Gasteiger partial charge in [0.1, 0.15) is 0 Å². The van der Waals surface area contributed by atoms with Crippen LogP contribution in [0.15, 0.2) is 24.8 Å². The van der Waals surface area contributed by atoms with E-state index < -0.39 is 5.95 Å². The van der Waals surface area contributed by atoms with Crippen LogP contribution in [0.25, 0.3) is 0 Å². The van der Waals surface area contributed by atoms with Gasteiger partial charge in [0.2, 0.25) is 5.95 Å². The number of hydrogen-bond acceptors (Lipinski definition) is 2. The van der Waals surface area contributed by atoms with Gasteiger partial charge in [-0.25, -0.2) is 4.98 Å². The van der Waals surface area contributed by atoms with Crippen LogP contribution in [0.1, 0.15) is 17.3 Å². The molecule has 0 aliphatic heterocycles. The normalized spacial score (nSPS) is 12.6. The van der Waals surface area contributed by atoms with E-state index >= 15 is 0 Å². The molecule has 0 aromatic carbocycles. The second kappa shape index (κ2) is 3.45. The summed E-state index contributed by atoms with van der Waals surface area (Å²) >= 11 is 0. The molecule has 0 unspecified atom stereocenters. The van der Waals surface area contributed by atoms with Gasteiger partial charge in [0.25, 0.3) is 0 Å². The lowest BCUT2D eigenvalue weighted by atomic mass is 10.1. The number of hydrogen-bond donors (Lipinski definition) is 1. The number of halogens is 1. The molecule has 3 heteroatoms. The highest BCUT2D eigenvalue weighted by Gasteiger charge is 2.06. The quantitative estimate of drug-likeness (QED) is 0.536. The standard InChI is InChI=1S/C9H11FN2/c1-3-8(11)7-4-5-9(10)12-6(7)2/h3-5,8H,1,11H2,2H3/t8-/m0/s1. The summed E-state index contributed by atoms with van der Waals surface area (Å²) in [5.74, 6) is -0.479. The fourth-order valence-electron chi connectivity index (χ4n) is 1.02. The van der Waals surface area contributed by atoms with E-state index in [0.29, 0.717) is 5.69 Å². The molecule has 1 rings (SSSR count). The molecule has 2 nitrogen and oxygen atoms in total. The van der Waals surface area contributed by atoms with Crippen molar-refractivity contribution in [1.82, 2.24) is 4.98 Å². The number of rotatable bonds is 2. The Balaban J connectivity index is 3.09. The zero-order valence-electron chi connectivity index (χ0n) is 6.92. The topological polar surface area (TPSA) is 38.9 Å². The highest BCUT2D eigenvalue weighted by atomic mass is 19.1. The second-order valence-corrected chi connectivity index (χ2v) is 2.57. The first kappa shape index (κ1) is 8.87. The zero-order chi connectivity index (χ0) is 9.14. The summed E-state index contributed by atoms with van der Waals surface area (Å²) in [7, 11) is 0. The van der Waals surface area contributed by atoms with Crippen LogP contribution < -0.4 is 5.73 Å². The average molecular weight is 166 g/mol. The molecule has 0 saturated heterocycles.